The van der Waals surface area contributed by atoms with Crippen LogP contribution in [0, 0.1) is 0 Å². The first kappa shape index (κ1) is 21.9. The fraction of sp³-hybridized carbons (Fsp3) is 0.0870. The van der Waals surface area contributed by atoms with Crippen molar-refractivity contribution in [3.05, 3.63) is 88.9 Å². The van der Waals surface area contributed by atoms with Gasteiger partial charge in [0.1, 0.15) is 18.1 Å². The van der Waals surface area contributed by atoms with E-state index in [2.05, 4.69) is 15.8 Å². The van der Waals surface area contributed by atoms with E-state index < -0.39 is 11.8 Å². The van der Waals surface area contributed by atoms with Gasteiger partial charge in [-0.25, -0.2) is 5.43 Å². The first-order chi connectivity index (χ1) is 15.0. The van der Waals surface area contributed by atoms with Crippen LogP contribution in [0.15, 0.2) is 77.9 Å². The third kappa shape index (κ3) is 6.87. The number of rotatable bonds is 7. The standard InChI is InChI=1S/C23H20ClN3O4/c1-30-20-12-8-19(9-13-20)26-22(28)23(29)27-25-14-16-4-10-21(11-5-16)31-15-17-2-6-18(24)7-3-17/h2-14H,15H2,1H3,(H,26,28)(H,27,29)/b25-14-. The number of hydrogen-bond acceptors (Lipinski definition) is 5. The molecule has 0 saturated heterocycles. The lowest BCUT2D eigenvalue weighted by Crippen LogP contribution is -2.32. The lowest BCUT2D eigenvalue weighted by molar-refractivity contribution is -0.136. The van der Waals surface area contributed by atoms with Crippen LogP contribution in [-0.4, -0.2) is 25.1 Å². The number of anilines is 1. The molecule has 0 aliphatic carbocycles. The van der Waals surface area contributed by atoms with Gasteiger partial charge in [0.15, 0.2) is 0 Å². The molecule has 8 heteroatoms. The van der Waals surface area contributed by atoms with Crippen LogP contribution in [0.5, 0.6) is 11.5 Å². The van der Waals surface area contributed by atoms with Crippen LogP contribution in [0.4, 0.5) is 5.69 Å². The number of nitrogens with one attached hydrogen (secondary N) is 2. The molecule has 31 heavy (non-hydrogen) atoms. The molecule has 0 fully saturated rings. The highest BCUT2D eigenvalue weighted by molar-refractivity contribution is 6.39. The van der Waals surface area contributed by atoms with Crippen LogP contribution in [0.2, 0.25) is 5.02 Å². The van der Waals surface area contributed by atoms with Crippen molar-refractivity contribution in [3.63, 3.8) is 0 Å². The molecule has 0 aromatic heterocycles. The van der Waals surface area contributed by atoms with Crippen LogP contribution in [-0.2, 0) is 16.2 Å². The molecular weight excluding hydrogens is 418 g/mol. The van der Waals surface area contributed by atoms with Gasteiger partial charge in [0, 0.05) is 10.7 Å². The van der Waals surface area contributed by atoms with Crippen molar-refractivity contribution in [1.29, 1.82) is 0 Å². The number of halogens is 1. The van der Waals surface area contributed by atoms with E-state index in [4.69, 9.17) is 21.1 Å². The average Bonchev–Trinajstić information content (AvgIpc) is 2.80. The number of ether oxygens (including phenoxy) is 2. The first-order valence-electron chi connectivity index (χ1n) is 9.29. The minimum absolute atomic E-state index is 0.421. The van der Waals surface area contributed by atoms with Crippen LogP contribution in [0.1, 0.15) is 11.1 Å². The molecular formula is C23H20ClN3O4. The predicted octanol–water partition coefficient (Wildman–Crippen LogP) is 4.02. The van der Waals surface area contributed by atoms with Gasteiger partial charge in [0.25, 0.3) is 0 Å². The predicted molar refractivity (Wildman–Crippen MR) is 120 cm³/mol. The maximum Gasteiger partial charge on any atom is 0.329 e. The van der Waals surface area contributed by atoms with Gasteiger partial charge in [-0.15, -0.1) is 0 Å². The van der Waals surface area contributed by atoms with Crippen LogP contribution < -0.4 is 20.2 Å². The number of nitrogens with zero attached hydrogens (tertiary/aromatic N) is 1. The summed E-state index contributed by atoms with van der Waals surface area (Å²) in [5.41, 5.74) is 4.40. The number of carbonyl (C=O) groups excluding carboxylic acids is 2. The quantitative estimate of drug-likeness (QED) is 0.332. The molecule has 0 bridgehead atoms. The van der Waals surface area contributed by atoms with Gasteiger partial charge in [-0.1, -0.05) is 23.7 Å². The van der Waals surface area contributed by atoms with Crippen molar-refractivity contribution in [3.8, 4) is 11.5 Å². The minimum Gasteiger partial charge on any atom is -0.497 e. The summed E-state index contributed by atoms with van der Waals surface area (Å²) in [6.07, 6.45) is 1.43. The number of methoxy groups -OCH3 is 1. The molecule has 0 radical (unpaired) electrons. The molecule has 0 unspecified atom stereocenters. The van der Waals surface area contributed by atoms with Crippen molar-refractivity contribution >= 4 is 35.3 Å². The topological polar surface area (TPSA) is 89.0 Å². The van der Waals surface area contributed by atoms with Crippen molar-refractivity contribution in [1.82, 2.24) is 5.43 Å². The SMILES string of the molecule is COc1ccc(NC(=O)C(=O)N/N=C\c2ccc(OCc3ccc(Cl)cc3)cc2)cc1. The number of hydrazone groups is 1. The zero-order valence-corrected chi connectivity index (χ0v) is 17.4. The summed E-state index contributed by atoms with van der Waals surface area (Å²) in [7, 11) is 1.54. The van der Waals surface area contributed by atoms with Gasteiger partial charge < -0.3 is 14.8 Å². The number of benzene rings is 3. The second-order valence-electron chi connectivity index (χ2n) is 6.37. The Morgan fingerprint density at radius 2 is 1.55 bits per heavy atom. The normalized spacial score (nSPS) is 10.5. The monoisotopic (exact) mass is 437 g/mol. The molecule has 2 amide bonds. The average molecular weight is 438 g/mol. The van der Waals surface area contributed by atoms with E-state index in [1.165, 1.54) is 6.21 Å². The highest BCUT2D eigenvalue weighted by atomic mass is 35.5. The zero-order valence-electron chi connectivity index (χ0n) is 16.7. The van der Waals surface area contributed by atoms with Gasteiger partial charge in [0.05, 0.1) is 13.3 Å². The molecule has 0 aliphatic heterocycles. The van der Waals surface area contributed by atoms with Gasteiger partial charge in [-0.05, 0) is 71.8 Å². The first-order valence-corrected chi connectivity index (χ1v) is 9.67. The lowest BCUT2D eigenvalue weighted by atomic mass is 10.2. The fourth-order valence-corrected chi connectivity index (χ4v) is 2.60. The fourth-order valence-electron chi connectivity index (χ4n) is 2.48. The highest BCUT2D eigenvalue weighted by Crippen LogP contribution is 2.16. The third-order valence-electron chi connectivity index (χ3n) is 4.13. The largest absolute Gasteiger partial charge is 0.497 e. The molecule has 3 aromatic rings. The summed E-state index contributed by atoms with van der Waals surface area (Å²) in [5, 5.41) is 6.96. The lowest BCUT2D eigenvalue weighted by Gasteiger charge is -2.06. The van der Waals surface area contributed by atoms with Gasteiger partial charge in [-0.2, -0.15) is 5.10 Å². The van der Waals surface area contributed by atoms with E-state index >= 15 is 0 Å². The highest BCUT2D eigenvalue weighted by Gasteiger charge is 2.12. The van der Waals surface area contributed by atoms with E-state index in [1.807, 2.05) is 24.3 Å². The van der Waals surface area contributed by atoms with Gasteiger partial charge in [0.2, 0.25) is 0 Å². The van der Waals surface area contributed by atoms with Crippen LogP contribution >= 0.6 is 11.6 Å². The molecule has 2 N–H and O–H groups in total. The van der Waals surface area contributed by atoms with Crippen molar-refractivity contribution in [2.75, 3.05) is 12.4 Å². The molecule has 7 nitrogen and oxygen atoms in total. The maximum absolute atomic E-state index is 11.9. The van der Waals surface area contributed by atoms with E-state index in [9.17, 15) is 9.59 Å². The second kappa shape index (κ2) is 10.8. The zero-order chi connectivity index (χ0) is 22.1. The molecule has 0 spiro atoms. The van der Waals surface area contributed by atoms with E-state index in [-0.39, 0.29) is 0 Å². The van der Waals surface area contributed by atoms with Crippen LogP contribution in [0.25, 0.3) is 0 Å². The molecule has 0 aliphatic rings. The molecule has 0 saturated carbocycles. The molecule has 0 atom stereocenters. The second-order valence-corrected chi connectivity index (χ2v) is 6.80. The number of hydrogen-bond donors (Lipinski definition) is 2. The smallest absolute Gasteiger partial charge is 0.329 e. The Morgan fingerprint density at radius 1 is 0.903 bits per heavy atom. The number of amides is 2. The van der Waals surface area contributed by atoms with Crippen molar-refractivity contribution in [2.45, 2.75) is 6.61 Å². The maximum atomic E-state index is 11.9. The Kier molecular flexibility index (Phi) is 7.61. The Labute approximate surface area is 184 Å². The summed E-state index contributed by atoms with van der Waals surface area (Å²) < 4.78 is 10.8. The van der Waals surface area contributed by atoms with Gasteiger partial charge >= 0.3 is 11.8 Å². The van der Waals surface area contributed by atoms with Crippen molar-refractivity contribution < 1.29 is 19.1 Å². The third-order valence-corrected chi connectivity index (χ3v) is 4.38. The van der Waals surface area contributed by atoms with Crippen LogP contribution in [0.3, 0.4) is 0 Å². The van der Waals surface area contributed by atoms with Gasteiger partial charge in [-0.3, -0.25) is 9.59 Å². The molecule has 0 heterocycles. The molecule has 3 rings (SSSR count). The molecule has 158 valence electrons. The van der Waals surface area contributed by atoms with E-state index in [0.717, 1.165) is 11.1 Å². The summed E-state index contributed by atoms with van der Waals surface area (Å²) in [4.78, 5) is 23.8. The Bertz CT molecular complexity index is 1050. The summed E-state index contributed by atoms with van der Waals surface area (Å²) in [5.74, 6) is -0.369. The summed E-state index contributed by atoms with van der Waals surface area (Å²) in [6, 6.07) is 21.2. The summed E-state index contributed by atoms with van der Waals surface area (Å²) >= 11 is 5.87. The van der Waals surface area contributed by atoms with E-state index in [0.29, 0.717) is 28.8 Å². The molecule has 3 aromatic carbocycles. The number of carbonyl (C=O) groups is 2. The van der Waals surface area contributed by atoms with Crippen molar-refractivity contribution in [2.24, 2.45) is 5.10 Å². The Balaban J connectivity index is 1.45. The minimum atomic E-state index is -0.880. The Morgan fingerprint density at radius 3 is 2.19 bits per heavy atom. The Hall–Kier alpha value is -3.84. The van der Waals surface area contributed by atoms with E-state index in [1.54, 1.807) is 55.6 Å². The summed E-state index contributed by atoms with van der Waals surface area (Å²) in [6.45, 7) is 0.421.